The number of allylic oxidation sites excluding steroid dienone is 2. The topological polar surface area (TPSA) is 9.23 Å². The van der Waals surface area contributed by atoms with Gasteiger partial charge in [-0.15, -0.1) is 0 Å². The van der Waals surface area contributed by atoms with Crippen LogP contribution in [-0.4, -0.2) is 14.9 Å². The lowest BCUT2D eigenvalue weighted by molar-refractivity contribution is 0.304. The fourth-order valence-electron chi connectivity index (χ4n) is 3.47. The van der Waals surface area contributed by atoms with Crippen molar-refractivity contribution in [1.29, 1.82) is 0 Å². The average Bonchev–Trinajstić information content (AvgIpc) is 2.40. The molecule has 0 rings (SSSR count). The first kappa shape index (κ1) is 21.9. The second-order valence-electron chi connectivity index (χ2n) is 7.65. The number of hydrogen-bond donors (Lipinski definition) is 0. The quantitative estimate of drug-likeness (QED) is 0.312. The number of hydrogen-bond acceptors (Lipinski definition) is 1. The molecule has 0 N–H and O–H groups in total. The predicted molar refractivity (Wildman–Crippen MR) is 104 cm³/mol. The predicted octanol–water partition coefficient (Wildman–Crippen LogP) is 7.44. The highest BCUT2D eigenvalue weighted by Crippen LogP contribution is 2.42. The summed E-state index contributed by atoms with van der Waals surface area (Å²) in [5.41, 5.74) is 7.66. The highest BCUT2D eigenvalue weighted by atomic mass is 35.5. The van der Waals surface area contributed by atoms with Crippen LogP contribution in [0.3, 0.4) is 0 Å². The Balaban J connectivity index is 4.94. The van der Waals surface area contributed by atoms with Crippen molar-refractivity contribution in [3.63, 3.8) is 0 Å². The van der Waals surface area contributed by atoms with E-state index in [-0.39, 0.29) is 0 Å². The van der Waals surface area contributed by atoms with Crippen LogP contribution in [0, 0.1) is 0 Å². The highest BCUT2D eigenvalue weighted by molar-refractivity contribution is 6.77. The lowest BCUT2D eigenvalue weighted by Gasteiger charge is -2.42. The van der Waals surface area contributed by atoms with Crippen molar-refractivity contribution in [3.8, 4) is 0 Å². The molecule has 0 saturated carbocycles. The van der Waals surface area contributed by atoms with Gasteiger partial charge in [0.25, 0.3) is 0 Å². The van der Waals surface area contributed by atoms with Crippen molar-refractivity contribution in [3.05, 3.63) is 22.3 Å². The third-order valence-electron chi connectivity index (χ3n) is 5.04. The van der Waals surface area contributed by atoms with E-state index < -0.39 is 8.32 Å². The molecule has 0 bridgehead atoms. The van der Waals surface area contributed by atoms with Gasteiger partial charge in [-0.2, -0.15) is 0 Å². The molecule has 0 fully saturated rings. The van der Waals surface area contributed by atoms with E-state index in [1.165, 1.54) is 16.7 Å². The molecule has 0 heterocycles. The Hall–Kier alpha value is -0.0531. The lowest BCUT2D eigenvalue weighted by atomic mass is 10.0. The molecule has 0 aromatic carbocycles. The minimum absolute atomic E-state index is 0.614. The van der Waals surface area contributed by atoms with E-state index >= 15 is 0 Å². The summed E-state index contributed by atoms with van der Waals surface area (Å²) in [7, 11) is -1.80. The van der Waals surface area contributed by atoms with Crippen LogP contribution in [0.4, 0.5) is 0 Å². The Morgan fingerprint density at radius 2 is 1.36 bits per heavy atom. The van der Waals surface area contributed by atoms with E-state index in [0.717, 1.165) is 12.8 Å². The molecule has 0 aromatic heterocycles. The Labute approximate surface area is 145 Å². The van der Waals surface area contributed by atoms with Crippen LogP contribution in [0.15, 0.2) is 22.3 Å². The van der Waals surface area contributed by atoms with Crippen LogP contribution >= 0.6 is 11.6 Å². The first-order valence-corrected chi connectivity index (χ1v) is 11.2. The summed E-state index contributed by atoms with van der Waals surface area (Å²) < 4.78 is 6.63. The molecular formula is C19H37ClOSi. The third-order valence-corrected chi connectivity index (χ3v) is 11.4. The van der Waals surface area contributed by atoms with Gasteiger partial charge in [0.1, 0.15) is 0 Å². The van der Waals surface area contributed by atoms with Crippen molar-refractivity contribution < 1.29 is 4.43 Å². The van der Waals surface area contributed by atoms with Crippen LogP contribution in [0.5, 0.6) is 0 Å². The monoisotopic (exact) mass is 344 g/mol. The van der Waals surface area contributed by atoms with Gasteiger partial charge in [-0.25, -0.2) is 0 Å². The SMILES string of the molecule is CC(C)=C(C)CC/C(=C/Cl)CO[Si](C(C)C)(C(C)C)C(C)C. The van der Waals surface area contributed by atoms with E-state index in [4.69, 9.17) is 16.0 Å². The summed E-state index contributed by atoms with van der Waals surface area (Å²) in [5.74, 6) is 0. The van der Waals surface area contributed by atoms with Crippen LogP contribution in [0.1, 0.15) is 75.2 Å². The Kier molecular flexibility index (Phi) is 9.92. The molecule has 0 atom stereocenters. The molecule has 0 amide bonds. The molecule has 0 saturated heterocycles. The van der Waals surface area contributed by atoms with Gasteiger partial charge in [0.2, 0.25) is 8.32 Å². The summed E-state index contributed by atoms with van der Waals surface area (Å²) in [5, 5.41) is 0. The normalized spacial score (nSPS) is 13.4. The summed E-state index contributed by atoms with van der Waals surface area (Å²) in [4.78, 5) is 0. The molecule has 0 aliphatic heterocycles. The second-order valence-corrected chi connectivity index (χ2v) is 13.3. The van der Waals surface area contributed by atoms with E-state index in [2.05, 4.69) is 62.3 Å². The van der Waals surface area contributed by atoms with Crippen molar-refractivity contribution in [2.45, 2.75) is 91.8 Å². The zero-order valence-electron chi connectivity index (χ0n) is 16.2. The van der Waals surface area contributed by atoms with Crippen molar-refractivity contribution in [2.75, 3.05) is 6.61 Å². The van der Waals surface area contributed by atoms with Gasteiger partial charge in [-0.1, -0.05) is 64.3 Å². The van der Waals surface area contributed by atoms with Gasteiger partial charge in [-0.05, 0) is 55.8 Å². The molecule has 0 radical (unpaired) electrons. The van der Waals surface area contributed by atoms with E-state index in [9.17, 15) is 0 Å². The average molecular weight is 345 g/mol. The van der Waals surface area contributed by atoms with Gasteiger partial charge in [-0.3, -0.25) is 0 Å². The van der Waals surface area contributed by atoms with Gasteiger partial charge < -0.3 is 4.43 Å². The van der Waals surface area contributed by atoms with Crippen molar-refractivity contribution >= 4 is 19.9 Å². The van der Waals surface area contributed by atoms with Crippen molar-refractivity contribution in [2.24, 2.45) is 0 Å². The smallest absolute Gasteiger partial charge is 0.200 e. The zero-order valence-corrected chi connectivity index (χ0v) is 18.0. The molecule has 0 unspecified atom stereocenters. The molecule has 1 nitrogen and oxygen atoms in total. The lowest BCUT2D eigenvalue weighted by Crippen LogP contribution is -2.48. The maximum absolute atomic E-state index is 6.63. The minimum atomic E-state index is -1.80. The molecule has 0 aliphatic carbocycles. The van der Waals surface area contributed by atoms with Gasteiger partial charge in [0.05, 0.1) is 6.61 Å². The van der Waals surface area contributed by atoms with Gasteiger partial charge >= 0.3 is 0 Å². The van der Waals surface area contributed by atoms with E-state index in [1.54, 1.807) is 5.54 Å². The molecule has 130 valence electrons. The van der Waals surface area contributed by atoms with Crippen molar-refractivity contribution in [1.82, 2.24) is 0 Å². The molecule has 0 spiro atoms. The van der Waals surface area contributed by atoms with Crippen LogP contribution in [0.25, 0.3) is 0 Å². The Morgan fingerprint density at radius 1 is 0.909 bits per heavy atom. The Bertz CT molecular complexity index is 368. The first-order valence-electron chi connectivity index (χ1n) is 8.64. The summed E-state index contributed by atoms with van der Waals surface area (Å²) in [6.45, 7) is 21.2. The third kappa shape index (κ3) is 5.86. The number of halogens is 1. The van der Waals surface area contributed by atoms with E-state index in [1.807, 2.05) is 0 Å². The minimum Gasteiger partial charge on any atom is -0.412 e. The summed E-state index contributed by atoms with van der Waals surface area (Å²) >= 11 is 6.06. The second kappa shape index (κ2) is 9.95. The fourth-order valence-corrected chi connectivity index (χ4v) is 9.08. The highest BCUT2D eigenvalue weighted by Gasteiger charge is 2.44. The summed E-state index contributed by atoms with van der Waals surface area (Å²) in [6, 6.07) is 0. The molecular weight excluding hydrogens is 308 g/mol. The molecule has 0 aliphatic rings. The van der Waals surface area contributed by atoms with E-state index in [0.29, 0.717) is 23.2 Å². The van der Waals surface area contributed by atoms with Crippen LogP contribution in [-0.2, 0) is 4.43 Å². The van der Waals surface area contributed by atoms with Gasteiger partial charge in [0.15, 0.2) is 0 Å². The molecule has 22 heavy (non-hydrogen) atoms. The standard InChI is InChI=1S/C19H37ClOSi/c1-14(2)18(9)10-11-19(12-20)13-21-22(15(3)4,16(5)6)17(7)8/h12,15-17H,10-11,13H2,1-9H3/b19-12-. The van der Waals surface area contributed by atoms with Crippen LogP contribution < -0.4 is 0 Å². The zero-order chi connectivity index (χ0) is 17.5. The maximum atomic E-state index is 6.63. The van der Waals surface area contributed by atoms with Crippen LogP contribution in [0.2, 0.25) is 16.6 Å². The first-order chi connectivity index (χ1) is 10.1. The van der Waals surface area contributed by atoms with Gasteiger partial charge in [0, 0.05) is 5.54 Å². The largest absolute Gasteiger partial charge is 0.412 e. The maximum Gasteiger partial charge on any atom is 0.200 e. The summed E-state index contributed by atoms with van der Waals surface area (Å²) in [6.07, 6.45) is 2.07. The molecule has 3 heteroatoms. The fraction of sp³-hybridized carbons (Fsp3) is 0.789. The number of rotatable bonds is 9. The molecule has 0 aromatic rings. The Morgan fingerprint density at radius 3 is 1.68 bits per heavy atom.